The second-order valence-electron chi connectivity index (χ2n) is 5.42. The first-order valence-electron chi connectivity index (χ1n) is 7.12. The van der Waals surface area contributed by atoms with E-state index in [2.05, 4.69) is 0 Å². The lowest BCUT2D eigenvalue weighted by molar-refractivity contribution is -0.383. The number of alkyl halides is 2. The van der Waals surface area contributed by atoms with Gasteiger partial charge in [0, 0.05) is 6.07 Å². The molecule has 0 aliphatic carbocycles. The summed E-state index contributed by atoms with van der Waals surface area (Å²) >= 11 is 0. The summed E-state index contributed by atoms with van der Waals surface area (Å²) in [6.45, 7) is 1.76. The molecule has 0 unspecified atom stereocenters. The van der Waals surface area contributed by atoms with Crippen LogP contribution in [0.5, 0.6) is 0 Å². The smallest absolute Gasteiger partial charge is 0.258 e. The molecule has 0 aliphatic heterocycles. The molecule has 0 amide bonds. The molecule has 0 fully saturated rings. The number of aryl methyl sites for hydroxylation is 1. The lowest BCUT2D eigenvalue weighted by Crippen LogP contribution is -2.16. The van der Waals surface area contributed by atoms with Gasteiger partial charge >= 0.3 is 0 Å². The van der Waals surface area contributed by atoms with Crippen LogP contribution in [0.4, 0.5) is 14.5 Å². The SMILES string of the molecule is Cc1ccc(S(=O)(=O)n2c(C(F)F)cc3c([N+](=O)[O-])cccc32)cc1. The lowest BCUT2D eigenvalue weighted by Gasteiger charge is -2.11. The Hall–Kier alpha value is -2.81. The summed E-state index contributed by atoms with van der Waals surface area (Å²) in [5, 5.41) is 11.0. The molecule has 0 radical (unpaired) electrons. The Bertz CT molecular complexity index is 1070. The second-order valence-corrected chi connectivity index (χ2v) is 7.21. The fourth-order valence-electron chi connectivity index (χ4n) is 2.61. The molecule has 2 aromatic carbocycles. The minimum atomic E-state index is -4.34. The van der Waals surface area contributed by atoms with Crippen LogP contribution >= 0.6 is 0 Å². The number of nitro groups is 1. The van der Waals surface area contributed by atoms with Gasteiger partial charge in [-0.2, -0.15) is 0 Å². The van der Waals surface area contributed by atoms with Crippen LogP contribution in [0.25, 0.3) is 10.9 Å². The van der Waals surface area contributed by atoms with E-state index < -0.39 is 32.8 Å². The second kappa shape index (κ2) is 5.92. The van der Waals surface area contributed by atoms with E-state index in [4.69, 9.17) is 0 Å². The van der Waals surface area contributed by atoms with Gasteiger partial charge < -0.3 is 0 Å². The van der Waals surface area contributed by atoms with Crippen LogP contribution in [-0.2, 0) is 10.0 Å². The molecule has 0 N–H and O–H groups in total. The monoisotopic (exact) mass is 366 g/mol. The van der Waals surface area contributed by atoms with Crippen LogP contribution in [0, 0.1) is 17.0 Å². The molecule has 1 heterocycles. The topological polar surface area (TPSA) is 82.2 Å². The first kappa shape index (κ1) is 17.0. The number of halogens is 2. The zero-order valence-electron chi connectivity index (χ0n) is 12.9. The molecule has 25 heavy (non-hydrogen) atoms. The molecule has 0 aliphatic rings. The number of rotatable bonds is 4. The van der Waals surface area contributed by atoms with Gasteiger partial charge in [0.1, 0.15) is 5.69 Å². The third-order valence-electron chi connectivity index (χ3n) is 3.79. The summed E-state index contributed by atoms with van der Waals surface area (Å²) in [6.07, 6.45) is -3.12. The van der Waals surface area contributed by atoms with Crippen molar-refractivity contribution in [2.45, 2.75) is 18.2 Å². The Morgan fingerprint density at radius 1 is 1.12 bits per heavy atom. The number of fused-ring (bicyclic) bond motifs is 1. The van der Waals surface area contributed by atoms with Crippen molar-refractivity contribution in [1.82, 2.24) is 3.97 Å². The normalized spacial score (nSPS) is 12.0. The minimum absolute atomic E-state index is 0.154. The van der Waals surface area contributed by atoms with Crippen LogP contribution in [0.15, 0.2) is 53.4 Å². The summed E-state index contributed by atoms with van der Waals surface area (Å²) in [5.74, 6) is 0. The highest BCUT2D eigenvalue weighted by molar-refractivity contribution is 7.90. The van der Waals surface area contributed by atoms with Crippen LogP contribution in [0.1, 0.15) is 17.7 Å². The molecule has 0 spiro atoms. The first-order chi connectivity index (χ1) is 11.7. The standard InChI is InChI=1S/C16H12F2N2O4S/c1-10-5-7-11(8-6-10)25(23,24)19-13-3-2-4-14(20(21)22)12(13)9-15(19)16(17)18/h2-9,16H,1H3. The van der Waals surface area contributed by atoms with Crippen molar-refractivity contribution in [2.75, 3.05) is 0 Å². The van der Waals surface area contributed by atoms with Gasteiger partial charge in [0.25, 0.3) is 22.1 Å². The van der Waals surface area contributed by atoms with Gasteiger partial charge in [0.2, 0.25) is 0 Å². The van der Waals surface area contributed by atoms with Gasteiger partial charge in [-0.15, -0.1) is 0 Å². The number of aromatic nitrogens is 1. The third-order valence-corrected chi connectivity index (χ3v) is 5.54. The summed E-state index contributed by atoms with van der Waals surface area (Å²) in [4.78, 5) is 10.2. The van der Waals surface area contributed by atoms with E-state index in [1.54, 1.807) is 19.1 Å². The maximum atomic E-state index is 13.5. The molecule has 0 saturated heterocycles. The van der Waals surface area contributed by atoms with Gasteiger partial charge in [0.05, 0.1) is 20.7 Å². The van der Waals surface area contributed by atoms with Crippen molar-refractivity contribution in [1.29, 1.82) is 0 Å². The van der Waals surface area contributed by atoms with E-state index in [1.807, 2.05) is 0 Å². The Morgan fingerprint density at radius 2 is 1.76 bits per heavy atom. The minimum Gasteiger partial charge on any atom is -0.258 e. The third kappa shape index (κ3) is 2.76. The summed E-state index contributed by atoms with van der Waals surface area (Å²) in [6, 6.07) is 10.2. The predicted octanol–water partition coefficient (Wildman–Crippen LogP) is 4.03. The van der Waals surface area contributed by atoms with Gasteiger partial charge in [-0.25, -0.2) is 21.2 Å². The average Bonchev–Trinajstić information content (AvgIpc) is 2.95. The molecule has 130 valence electrons. The van der Waals surface area contributed by atoms with Crippen molar-refractivity contribution >= 4 is 26.6 Å². The summed E-state index contributed by atoms with van der Waals surface area (Å²) in [5.41, 5.74) is -0.603. The van der Waals surface area contributed by atoms with Gasteiger partial charge in [-0.3, -0.25) is 10.1 Å². The molecule has 3 rings (SSSR count). The van der Waals surface area contributed by atoms with Crippen molar-refractivity contribution in [3.8, 4) is 0 Å². The highest BCUT2D eigenvalue weighted by Gasteiger charge is 2.29. The van der Waals surface area contributed by atoms with E-state index in [0.717, 1.165) is 17.7 Å². The van der Waals surface area contributed by atoms with Crippen LogP contribution in [0.3, 0.4) is 0 Å². The van der Waals surface area contributed by atoms with Crippen molar-refractivity contribution in [2.24, 2.45) is 0 Å². The van der Waals surface area contributed by atoms with E-state index in [1.165, 1.54) is 24.3 Å². The predicted molar refractivity (Wildman–Crippen MR) is 87.3 cm³/mol. The molecule has 0 bridgehead atoms. The molecule has 1 aromatic heterocycles. The van der Waals surface area contributed by atoms with Crippen molar-refractivity contribution in [3.63, 3.8) is 0 Å². The fourth-order valence-corrected chi connectivity index (χ4v) is 4.13. The first-order valence-corrected chi connectivity index (χ1v) is 8.56. The van der Waals surface area contributed by atoms with Crippen LogP contribution < -0.4 is 0 Å². The van der Waals surface area contributed by atoms with Crippen LogP contribution in [0.2, 0.25) is 0 Å². The Morgan fingerprint density at radius 3 is 2.32 bits per heavy atom. The zero-order chi connectivity index (χ0) is 18.4. The number of nitro benzene ring substituents is 1. The number of benzene rings is 2. The lowest BCUT2D eigenvalue weighted by atomic mass is 10.2. The van der Waals surface area contributed by atoms with E-state index in [0.29, 0.717) is 3.97 Å². The highest BCUT2D eigenvalue weighted by Crippen LogP contribution is 2.35. The van der Waals surface area contributed by atoms with Gasteiger partial charge in [-0.1, -0.05) is 23.8 Å². The van der Waals surface area contributed by atoms with E-state index >= 15 is 0 Å². The Labute approximate surface area is 141 Å². The van der Waals surface area contributed by atoms with E-state index in [-0.39, 0.29) is 15.8 Å². The van der Waals surface area contributed by atoms with Crippen LogP contribution in [-0.4, -0.2) is 17.3 Å². The Balaban J connectivity index is 2.38. The summed E-state index contributed by atoms with van der Waals surface area (Å²) in [7, 11) is -4.34. The molecule has 3 aromatic rings. The quantitative estimate of drug-likeness (QED) is 0.515. The molecular weight excluding hydrogens is 354 g/mol. The largest absolute Gasteiger partial charge is 0.279 e. The maximum absolute atomic E-state index is 13.5. The maximum Gasteiger partial charge on any atom is 0.279 e. The van der Waals surface area contributed by atoms with Gasteiger partial charge in [-0.05, 0) is 31.2 Å². The molecule has 9 heteroatoms. The van der Waals surface area contributed by atoms with E-state index in [9.17, 15) is 27.3 Å². The number of nitrogens with zero attached hydrogens (tertiary/aromatic N) is 2. The highest BCUT2D eigenvalue weighted by atomic mass is 32.2. The fraction of sp³-hybridized carbons (Fsp3) is 0.125. The number of hydrogen-bond acceptors (Lipinski definition) is 4. The number of non-ortho nitro benzene ring substituents is 1. The van der Waals surface area contributed by atoms with Crippen molar-refractivity contribution in [3.05, 3.63) is 69.9 Å². The summed E-state index contributed by atoms with van der Waals surface area (Å²) < 4.78 is 53.2. The van der Waals surface area contributed by atoms with Crippen molar-refractivity contribution < 1.29 is 22.1 Å². The molecule has 6 nitrogen and oxygen atoms in total. The number of hydrogen-bond donors (Lipinski definition) is 0. The Kier molecular flexibility index (Phi) is 4.03. The van der Waals surface area contributed by atoms with Gasteiger partial charge in [0.15, 0.2) is 0 Å². The molecule has 0 saturated carbocycles. The average molecular weight is 366 g/mol. The molecular formula is C16H12F2N2O4S. The molecule has 0 atom stereocenters. The zero-order valence-corrected chi connectivity index (χ0v) is 13.7.